The average Bonchev–Trinajstić information content (AvgIpc) is 2.99. The summed E-state index contributed by atoms with van der Waals surface area (Å²) in [6, 6.07) is 8.48. The first-order valence-electron chi connectivity index (χ1n) is 7.04. The lowest BCUT2D eigenvalue weighted by Crippen LogP contribution is -2.53. The Balaban J connectivity index is 1.59. The smallest absolute Gasteiger partial charge is 0.321 e. The van der Waals surface area contributed by atoms with E-state index in [1.807, 2.05) is 30.3 Å². The standard InChI is InChI=1S/C15H14N4O3S/c20-12-7-6-10(13(21)18-12)17-14(22)19-15-16-8-11(23-15)9-4-2-1-3-5-9/h1-5,8,10H,6-7H2,(H,18,20,21)(H2,16,17,19,22)/t10-/m0/s1. The molecule has 118 valence electrons. The Hall–Kier alpha value is -2.74. The van der Waals surface area contributed by atoms with Gasteiger partial charge in [-0.05, 0) is 12.0 Å². The molecule has 8 heteroatoms. The van der Waals surface area contributed by atoms with Gasteiger partial charge in [-0.2, -0.15) is 0 Å². The Morgan fingerprint density at radius 1 is 1.26 bits per heavy atom. The molecule has 1 aliphatic rings. The van der Waals surface area contributed by atoms with E-state index in [0.29, 0.717) is 11.6 Å². The highest BCUT2D eigenvalue weighted by molar-refractivity contribution is 7.19. The van der Waals surface area contributed by atoms with Gasteiger partial charge in [0.25, 0.3) is 0 Å². The third-order valence-electron chi connectivity index (χ3n) is 3.33. The Morgan fingerprint density at radius 3 is 2.78 bits per heavy atom. The molecule has 1 saturated heterocycles. The molecule has 0 spiro atoms. The van der Waals surface area contributed by atoms with Crippen molar-refractivity contribution >= 4 is 34.3 Å². The summed E-state index contributed by atoms with van der Waals surface area (Å²) in [5.41, 5.74) is 1.02. The van der Waals surface area contributed by atoms with Crippen LogP contribution >= 0.6 is 11.3 Å². The molecule has 0 saturated carbocycles. The second kappa shape index (κ2) is 6.57. The van der Waals surface area contributed by atoms with Crippen LogP contribution in [-0.4, -0.2) is 28.9 Å². The number of piperidine rings is 1. The van der Waals surface area contributed by atoms with Crippen LogP contribution in [0, 0.1) is 0 Å². The van der Waals surface area contributed by atoms with Crippen LogP contribution < -0.4 is 16.0 Å². The zero-order valence-electron chi connectivity index (χ0n) is 12.0. The van der Waals surface area contributed by atoms with Gasteiger partial charge in [0.2, 0.25) is 11.8 Å². The van der Waals surface area contributed by atoms with E-state index in [-0.39, 0.29) is 12.3 Å². The van der Waals surface area contributed by atoms with Crippen LogP contribution in [-0.2, 0) is 9.59 Å². The van der Waals surface area contributed by atoms with Crippen LogP contribution in [0.3, 0.4) is 0 Å². The molecular weight excluding hydrogens is 316 g/mol. The summed E-state index contributed by atoms with van der Waals surface area (Å²) in [6.07, 6.45) is 2.19. The van der Waals surface area contributed by atoms with Crippen molar-refractivity contribution in [3.63, 3.8) is 0 Å². The molecule has 0 unspecified atom stereocenters. The number of carbonyl (C=O) groups excluding carboxylic acids is 3. The fraction of sp³-hybridized carbons (Fsp3) is 0.200. The summed E-state index contributed by atoms with van der Waals surface area (Å²) in [4.78, 5) is 39.7. The summed E-state index contributed by atoms with van der Waals surface area (Å²) >= 11 is 1.34. The predicted molar refractivity (Wildman–Crippen MR) is 85.9 cm³/mol. The molecule has 1 atom stereocenters. The Labute approximate surface area is 136 Å². The highest BCUT2D eigenvalue weighted by Crippen LogP contribution is 2.28. The number of hydrogen-bond acceptors (Lipinski definition) is 5. The van der Waals surface area contributed by atoms with Gasteiger partial charge in [-0.25, -0.2) is 9.78 Å². The van der Waals surface area contributed by atoms with E-state index in [9.17, 15) is 14.4 Å². The summed E-state index contributed by atoms with van der Waals surface area (Å²) in [7, 11) is 0. The van der Waals surface area contributed by atoms with Crippen molar-refractivity contribution < 1.29 is 14.4 Å². The third-order valence-corrected chi connectivity index (χ3v) is 4.29. The monoisotopic (exact) mass is 330 g/mol. The van der Waals surface area contributed by atoms with Crippen LogP contribution in [0.15, 0.2) is 36.5 Å². The minimum atomic E-state index is -0.707. The van der Waals surface area contributed by atoms with E-state index in [2.05, 4.69) is 20.9 Å². The van der Waals surface area contributed by atoms with Crippen molar-refractivity contribution in [1.82, 2.24) is 15.6 Å². The number of hydrogen-bond donors (Lipinski definition) is 3. The van der Waals surface area contributed by atoms with Gasteiger partial charge in [0.05, 0.1) is 4.88 Å². The van der Waals surface area contributed by atoms with Crippen LogP contribution in [0.1, 0.15) is 12.8 Å². The number of nitrogens with one attached hydrogen (secondary N) is 3. The van der Waals surface area contributed by atoms with Crippen LogP contribution in [0.2, 0.25) is 0 Å². The predicted octanol–water partition coefficient (Wildman–Crippen LogP) is 1.74. The van der Waals surface area contributed by atoms with Gasteiger partial charge in [0.15, 0.2) is 5.13 Å². The molecule has 0 radical (unpaired) electrons. The molecule has 0 bridgehead atoms. The number of nitrogens with zero attached hydrogens (tertiary/aromatic N) is 1. The maximum atomic E-state index is 11.9. The van der Waals surface area contributed by atoms with E-state index < -0.39 is 18.0 Å². The molecule has 1 aromatic heterocycles. The molecule has 23 heavy (non-hydrogen) atoms. The van der Waals surface area contributed by atoms with Crippen molar-refractivity contribution in [2.75, 3.05) is 5.32 Å². The summed E-state index contributed by atoms with van der Waals surface area (Å²) < 4.78 is 0. The summed E-state index contributed by atoms with van der Waals surface area (Å²) in [5.74, 6) is -0.804. The van der Waals surface area contributed by atoms with Gasteiger partial charge in [0.1, 0.15) is 6.04 Å². The Bertz CT molecular complexity index is 744. The minimum Gasteiger partial charge on any atom is -0.326 e. The first kappa shape index (κ1) is 15.2. The molecule has 1 aliphatic heterocycles. The van der Waals surface area contributed by atoms with Gasteiger partial charge >= 0.3 is 6.03 Å². The van der Waals surface area contributed by atoms with Crippen molar-refractivity contribution in [3.8, 4) is 10.4 Å². The topological polar surface area (TPSA) is 100 Å². The second-order valence-electron chi connectivity index (χ2n) is 5.00. The molecule has 0 aliphatic carbocycles. The molecule has 4 amide bonds. The first-order chi connectivity index (χ1) is 11.1. The van der Waals surface area contributed by atoms with E-state index in [1.165, 1.54) is 11.3 Å². The van der Waals surface area contributed by atoms with Crippen LogP contribution in [0.5, 0.6) is 0 Å². The maximum Gasteiger partial charge on any atom is 0.321 e. The molecule has 3 rings (SSSR count). The summed E-state index contributed by atoms with van der Waals surface area (Å²) in [5, 5.41) is 7.77. The number of imide groups is 1. The number of rotatable bonds is 3. The van der Waals surface area contributed by atoms with Crippen molar-refractivity contribution in [3.05, 3.63) is 36.5 Å². The fourth-order valence-corrected chi connectivity index (χ4v) is 3.01. The number of carbonyl (C=O) groups is 3. The number of urea groups is 1. The average molecular weight is 330 g/mol. The number of benzene rings is 1. The summed E-state index contributed by atoms with van der Waals surface area (Å²) in [6.45, 7) is 0. The molecule has 2 heterocycles. The number of anilines is 1. The normalized spacial score (nSPS) is 17.5. The molecular formula is C15H14N4O3S. The second-order valence-corrected chi connectivity index (χ2v) is 6.03. The number of aromatic nitrogens is 1. The van der Waals surface area contributed by atoms with Crippen LogP contribution in [0.25, 0.3) is 10.4 Å². The van der Waals surface area contributed by atoms with E-state index in [1.54, 1.807) is 6.20 Å². The largest absolute Gasteiger partial charge is 0.326 e. The van der Waals surface area contributed by atoms with E-state index in [4.69, 9.17) is 0 Å². The van der Waals surface area contributed by atoms with Gasteiger partial charge in [-0.15, -0.1) is 0 Å². The fourth-order valence-electron chi connectivity index (χ4n) is 2.19. The van der Waals surface area contributed by atoms with Crippen LogP contribution in [0.4, 0.5) is 9.93 Å². The molecule has 1 aromatic carbocycles. The van der Waals surface area contributed by atoms with Crippen molar-refractivity contribution in [1.29, 1.82) is 0 Å². The highest BCUT2D eigenvalue weighted by atomic mass is 32.1. The van der Waals surface area contributed by atoms with Crippen molar-refractivity contribution in [2.45, 2.75) is 18.9 Å². The molecule has 3 N–H and O–H groups in total. The van der Waals surface area contributed by atoms with E-state index in [0.717, 1.165) is 10.4 Å². The lowest BCUT2D eigenvalue weighted by molar-refractivity contribution is -0.134. The quantitative estimate of drug-likeness (QED) is 0.746. The maximum absolute atomic E-state index is 11.9. The van der Waals surface area contributed by atoms with Gasteiger partial charge in [0, 0.05) is 12.6 Å². The third kappa shape index (κ3) is 3.72. The van der Waals surface area contributed by atoms with Crippen molar-refractivity contribution in [2.24, 2.45) is 0 Å². The lowest BCUT2D eigenvalue weighted by atomic mass is 10.1. The Morgan fingerprint density at radius 2 is 2.04 bits per heavy atom. The van der Waals surface area contributed by atoms with Gasteiger partial charge < -0.3 is 5.32 Å². The zero-order valence-corrected chi connectivity index (χ0v) is 12.9. The lowest BCUT2D eigenvalue weighted by Gasteiger charge is -2.21. The molecule has 7 nitrogen and oxygen atoms in total. The molecule has 2 aromatic rings. The first-order valence-corrected chi connectivity index (χ1v) is 7.86. The highest BCUT2D eigenvalue weighted by Gasteiger charge is 2.27. The van der Waals surface area contributed by atoms with Gasteiger partial charge in [-0.3, -0.25) is 20.2 Å². The number of amides is 4. The van der Waals surface area contributed by atoms with Gasteiger partial charge in [-0.1, -0.05) is 41.7 Å². The number of thiazole rings is 1. The van der Waals surface area contributed by atoms with E-state index >= 15 is 0 Å². The SMILES string of the molecule is O=C1CC[C@H](NC(=O)Nc2ncc(-c3ccccc3)s2)C(=O)N1. The zero-order chi connectivity index (χ0) is 16.2. The minimum absolute atomic E-state index is 0.214. The molecule has 1 fully saturated rings. The Kier molecular flexibility index (Phi) is 4.33.